The summed E-state index contributed by atoms with van der Waals surface area (Å²) in [6, 6.07) is 2.27. The lowest BCUT2D eigenvalue weighted by Crippen LogP contribution is -2.56. The van der Waals surface area contributed by atoms with Crippen LogP contribution in [0, 0.1) is 10.1 Å². The van der Waals surface area contributed by atoms with Crippen molar-refractivity contribution in [3.05, 3.63) is 32.8 Å². The van der Waals surface area contributed by atoms with Crippen molar-refractivity contribution >= 4 is 29.3 Å². The molecular weight excluding hydrogens is 406 g/mol. The number of nitrogens with two attached hydrogens (primary N) is 1. The smallest absolute Gasteiger partial charge is 0.410 e. The molecule has 0 spiro atoms. The topological polar surface area (TPSA) is 134 Å². The van der Waals surface area contributed by atoms with Gasteiger partial charge in [0.1, 0.15) is 11.4 Å². The van der Waals surface area contributed by atoms with Crippen LogP contribution in [0.4, 0.5) is 10.5 Å². The van der Waals surface area contributed by atoms with E-state index in [1.54, 1.807) is 25.7 Å². The third kappa shape index (κ3) is 6.47. The Labute approximate surface area is 173 Å². The molecule has 2 N–H and O–H groups in total. The molecule has 1 aromatic carbocycles. The van der Waals surface area contributed by atoms with E-state index in [0.717, 1.165) is 6.07 Å². The number of carbonyl (C=O) groups excluding carboxylic acids is 2. The van der Waals surface area contributed by atoms with Crippen LogP contribution in [0.3, 0.4) is 0 Å². The van der Waals surface area contributed by atoms with E-state index < -0.39 is 22.1 Å². The predicted octanol–water partition coefficient (Wildman–Crippen LogP) is 2.75. The van der Waals surface area contributed by atoms with E-state index in [9.17, 15) is 19.7 Å². The summed E-state index contributed by atoms with van der Waals surface area (Å²) >= 11 is 5.97. The van der Waals surface area contributed by atoms with Gasteiger partial charge in [0.05, 0.1) is 37.3 Å². The highest BCUT2D eigenvalue weighted by Gasteiger charge is 2.34. The standard InChI is InChI=1S/C18H24ClN3O7/c1-18(2,3)29-17(24)21-9-12(10-21)27-5-4-6-28-14-8-11(16(20)23)7-13(15(14)19)22(25)26/h7-8,12H,4-6,9-10H2,1-3H3,(H2,20,23). The monoisotopic (exact) mass is 429 g/mol. The highest BCUT2D eigenvalue weighted by atomic mass is 35.5. The molecule has 0 bridgehead atoms. The van der Waals surface area contributed by atoms with Crippen LogP contribution in [0.15, 0.2) is 12.1 Å². The lowest BCUT2D eigenvalue weighted by atomic mass is 10.1. The Hall–Kier alpha value is -2.59. The van der Waals surface area contributed by atoms with E-state index in [1.807, 2.05) is 0 Å². The Bertz CT molecular complexity index is 788. The van der Waals surface area contributed by atoms with Gasteiger partial charge in [-0.25, -0.2) is 4.79 Å². The molecule has 0 radical (unpaired) electrons. The number of hydrogen-bond acceptors (Lipinski definition) is 7. The van der Waals surface area contributed by atoms with Gasteiger partial charge < -0.3 is 24.8 Å². The number of nitrogens with zero attached hydrogens (tertiary/aromatic N) is 2. The van der Waals surface area contributed by atoms with Crippen LogP contribution in [0.5, 0.6) is 5.75 Å². The summed E-state index contributed by atoms with van der Waals surface area (Å²) < 4.78 is 16.4. The Morgan fingerprint density at radius 2 is 1.97 bits per heavy atom. The number of primary amides is 1. The maximum absolute atomic E-state index is 11.8. The van der Waals surface area contributed by atoms with E-state index >= 15 is 0 Å². The first-order valence-electron chi connectivity index (χ1n) is 8.98. The largest absolute Gasteiger partial charge is 0.492 e. The molecule has 1 heterocycles. The number of rotatable bonds is 8. The van der Waals surface area contributed by atoms with Crippen molar-refractivity contribution in [3.63, 3.8) is 0 Å². The molecule has 10 nitrogen and oxygen atoms in total. The van der Waals surface area contributed by atoms with Crippen LogP contribution >= 0.6 is 11.6 Å². The third-order valence-electron chi connectivity index (χ3n) is 3.90. The van der Waals surface area contributed by atoms with Gasteiger partial charge >= 0.3 is 6.09 Å². The molecule has 0 atom stereocenters. The second-order valence-electron chi connectivity index (χ2n) is 7.51. The number of ether oxygens (including phenoxy) is 3. The molecule has 0 aromatic heterocycles. The van der Waals surface area contributed by atoms with Crippen LogP contribution in [-0.4, -0.2) is 59.8 Å². The highest BCUT2D eigenvalue weighted by molar-refractivity contribution is 6.34. The molecule has 0 aliphatic carbocycles. The normalized spacial score (nSPS) is 14.3. The van der Waals surface area contributed by atoms with Gasteiger partial charge in [-0.15, -0.1) is 0 Å². The van der Waals surface area contributed by atoms with Crippen molar-refractivity contribution < 1.29 is 28.7 Å². The van der Waals surface area contributed by atoms with Crippen molar-refractivity contribution in [2.75, 3.05) is 26.3 Å². The van der Waals surface area contributed by atoms with E-state index in [1.165, 1.54) is 6.07 Å². The summed E-state index contributed by atoms with van der Waals surface area (Å²) in [5.41, 5.74) is 4.12. The average Bonchev–Trinajstić information content (AvgIpc) is 2.55. The number of hydrogen-bond donors (Lipinski definition) is 1. The van der Waals surface area contributed by atoms with E-state index in [0.29, 0.717) is 26.1 Å². The fourth-order valence-corrected chi connectivity index (χ4v) is 2.71. The second kappa shape index (κ2) is 9.27. The van der Waals surface area contributed by atoms with Crippen molar-refractivity contribution in [3.8, 4) is 5.75 Å². The number of likely N-dealkylation sites (tertiary alicyclic amines) is 1. The molecule has 1 aliphatic heterocycles. The van der Waals surface area contributed by atoms with Crippen LogP contribution in [-0.2, 0) is 9.47 Å². The van der Waals surface area contributed by atoms with Crippen molar-refractivity contribution in [2.45, 2.75) is 38.9 Å². The molecule has 0 saturated carbocycles. The third-order valence-corrected chi connectivity index (χ3v) is 4.28. The Balaban J connectivity index is 1.75. The zero-order valence-electron chi connectivity index (χ0n) is 16.5. The lowest BCUT2D eigenvalue weighted by Gasteiger charge is -2.39. The predicted molar refractivity (Wildman–Crippen MR) is 104 cm³/mol. The average molecular weight is 430 g/mol. The van der Waals surface area contributed by atoms with E-state index in [4.69, 9.17) is 31.5 Å². The summed E-state index contributed by atoms with van der Waals surface area (Å²) in [6.45, 7) is 6.85. The first-order chi connectivity index (χ1) is 13.5. The minimum atomic E-state index is -0.822. The van der Waals surface area contributed by atoms with Gasteiger partial charge in [-0.05, 0) is 26.8 Å². The molecule has 160 valence electrons. The van der Waals surface area contributed by atoms with Crippen molar-refractivity contribution in [1.82, 2.24) is 4.90 Å². The van der Waals surface area contributed by atoms with E-state index in [2.05, 4.69) is 0 Å². The van der Waals surface area contributed by atoms with Crippen molar-refractivity contribution in [2.24, 2.45) is 5.73 Å². The number of nitro benzene ring substituents is 1. The molecule has 1 fully saturated rings. The minimum absolute atomic E-state index is 0.00871. The summed E-state index contributed by atoms with van der Waals surface area (Å²) in [6.07, 6.45) is 0.0325. The molecular formula is C18H24ClN3O7. The molecule has 29 heavy (non-hydrogen) atoms. The molecule has 11 heteroatoms. The molecule has 1 aromatic rings. The van der Waals surface area contributed by atoms with Crippen LogP contribution in [0.2, 0.25) is 5.02 Å². The number of benzene rings is 1. The second-order valence-corrected chi connectivity index (χ2v) is 7.89. The minimum Gasteiger partial charge on any atom is -0.492 e. The lowest BCUT2D eigenvalue weighted by molar-refractivity contribution is -0.384. The highest BCUT2D eigenvalue weighted by Crippen LogP contribution is 2.35. The summed E-state index contributed by atoms with van der Waals surface area (Å²) in [7, 11) is 0. The molecule has 2 rings (SSSR count). The first kappa shape index (κ1) is 22.7. The Kier molecular flexibility index (Phi) is 7.26. The summed E-state index contributed by atoms with van der Waals surface area (Å²) in [5.74, 6) is -0.813. The van der Waals surface area contributed by atoms with Gasteiger partial charge in [0.15, 0.2) is 5.02 Å². The Morgan fingerprint density at radius 3 is 2.52 bits per heavy atom. The van der Waals surface area contributed by atoms with Crippen LogP contribution in [0.25, 0.3) is 0 Å². The van der Waals surface area contributed by atoms with Gasteiger partial charge in [0, 0.05) is 18.1 Å². The fourth-order valence-electron chi connectivity index (χ4n) is 2.47. The van der Waals surface area contributed by atoms with Crippen LogP contribution in [0.1, 0.15) is 37.6 Å². The fraction of sp³-hybridized carbons (Fsp3) is 0.556. The van der Waals surface area contributed by atoms with Crippen LogP contribution < -0.4 is 10.5 Å². The maximum Gasteiger partial charge on any atom is 0.410 e. The Morgan fingerprint density at radius 1 is 1.31 bits per heavy atom. The molecule has 0 unspecified atom stereocenters. The number of amides is 2. The molecule has 2 amide bonds. The molecule has 1 aliphatic rings. The van der Waals surface area contributed by atoms with Gasteiger partial charge in [-0.3, -0.25) is 14.9 Å². The number of halogens is 1. The summed E-state index contributed by atoms with van der Waals surface area (Å²) in [5, 5.41) is 10.8. The quantitative estimate of drug-likeness (QED) is 0.381. The van der Waals surface area contributed by atoms with Gasteiger partial charge in [-0.2, -0.15) is 0 Å². The van der Waals surface area contributed by atoms with Crippen molar-refractivity contribution in [1.29, 1.82) is 0 Å². The van der Waals surface area contributed by atoms with E-state index in [-0.39, 0.29) is 35.1 Å². The number of nitro groups is 1. The first-order valence-corrected chi connectivity index (χ1v) is 9.36. The van der Waals surface area contributed by atoms with Gasteiger partial charge in [0.25, 0.3) is 5.69 Å². The van der Waals surface area contributed by atoms with Gasteiger partial charge in [0.2, 0.25) is 5.91 Å². The number of carbonyl (C=O) groups is 2. The summed E-state index contributed by atoms with van der Waals surface area (Å²) in [4.78, 5) is 35.1. The van der Waals surface area contributed by atoms with Gasteiger partial charge in [-0.1, -0.05) is 11.6 Å². The molecule has 1 saturated heterocycles. The maximum atomic E-state index is 11.8. The SMILES string of the molecule is CC(C)(C)OC(=O)N1CC(OCCCOc2cc(C(N)=O)cc([N+](=O)[O-])c2Cl)C1. The zero-order chi connectivity index (χ0) is 21.8. The zero-order valence-corrected chi connectivity index (χ0v) is 17.2.